The van der Waals surface area contributed by atoms with Crippen molar-refractivity contribution in [1.82, 2.24) is 0 Å². The summed E-state index contributed by atoms with van der Waals surface area (Å²) < 4.78 is 83.7. The van der Waals surface area contributed by atoms with Gasteiger partial charge in [-0.15, -0.1) is 0 Å². The summed E-state index contributed by atoms with van der Waals surface area (Å²) in [5.74, 6) is -8.16. The number of benzene rings is 3. The maximum absolute atomic E-state index is 14.7. The molecule has 3 aromatic rings. The normalized spacial score (nSPS) is 18.9. The summed E-state index contributed by atoms with van der Waals surface area (Å²) in [6.07, 6.45) is 7.29. The van der Waals surface area contributed by atoms with Crippen molar-refractivity contribution in [3.05, 3.63) is 94.6 Å². The first kappa shape index (κ1) is 25.1. The van der Waals surface area contributed by atoms with Crippen LogP contribution in [0.2, 0.25) is 0 Å². The lowest BCUT2D eigenvalue weighted by Gasteiger charge is -2.28. The minimum atomic E-state index is -1.80. The molecule has 0 bridgehead atoms. The Kier molecular flexibility index (Phi) is 7.68. The van der Waals surface area contributed by atoms with Crippen LogP contribution in [-0.4, -0.2) is 0 Å². The van der Waals surface area contributed by atoms with E-state index in [-0.39, 0.29) is 0 Å². The molecule has 3 aromatic carbocycles. The summed E-state index contributed by atoms with van der Waals surface area (Å²) in [7, 11) is 0. The van der Waals surface area contributed by atoms with Gasteiger partial charge in [0.1, 0.15) is 5.82 Å². The largest absolute Gasteiger partial charge is 0.206 e. The lowest BCUT2D eigenvalue weighted by atomic mass is 9.77. The molecule has 0 radical (unpaired) electrons. The van der Waals surface area contributed by atoms with Gasteiger partial charge in [0.15, 0.2) is 29.1 Å². The van der Waals surface area contributed by atoms with Gasteiger partial charge in [0.25, 0.3) is 0 Å². The molecule has 6 heteroatoms. The summed E-state index contributed by atoms with van der Waals surface area (Å²) in [6, 6.07) is 12.1. The van der Waals surface area contributed by atoms with Gasteiger partial charge in [-0.25, -0.2) is 26.3 Å². The van der Waals surface area contributed by atoms with E-state index in [4.69, 9.17) is 0 Å². The molecule has 0 amide bonds. The van der Waals surface area contributed by atoms with E-state index in [0.717, 1.165) is 36.5 Å². The van der Waals surface area contributed by atoms with Crippen LogP contribution in [0.3, 0.4) is 0 Å². The van der Waals surface area contributed by atoms with Crippen LogP contribution in [0.25, 0.3) is 22.8 Å². The van der Waals surface area contributed by atoms with Crippen molar-refractivity contribution < 1.29 is 26.3 Å². The summed E-state index contributed by atoms with van der Waals surface area (Å²) in [5.41, 5.74) is 0.900. The molecular formula is C29H26F6. The van der Waals surface area contributed by atoms with E-state index in [9.17, 15) is 26.3 Å². The first-order chi connectivity index (χ1) is 16.8. The van der Waals surface area contributed by atoms with Gasteiger partial charge in [0, 0.05) is 11.1 Å². The zero-order valence-corrected chi connectivity index (χ0v) is 19.4. The quantitative estimate of drug-likeness (QED) is 0.184. The summed E-state index contributed by atoms with van der Waals surface area (Å²) >= 11 is 0. The second-order valence-corrected chi connectivity index (χ2v) is 9.20. The molecule has 0 spiro atoms. The Bertz CT molecular complexity index is 1200. The van der Waals surface area contributed by atoms with Crippen molar-refractivity contribution in [1.29, 1.82) is 0 Å². The highest BCUT2D eigenvalue weighted by Gasteiger charge is 2.22. The topological polar surface area (TPSA) is 0 Å². The van der Waals surface area contributed by atoms with Crippen molar-refractivity contribution in [2.24, 2.45) is 5.92 Å². The predicted octanol–water partition coefficient (Wildman–Crippen LogP) is 9.75. The van der Waals surface area contributed by atoms with E-state index in [2.05, 4.69) is 6.92 Å². The van der Waals surface area contributed by atoms with E-state index in [0.29, 0.717) is 23.6 Å². The summed E-state index contributed by atoms with van der Waals surface area (Å²) in [4.78, 5) is 0. The van der Waals surface area contributed by atoms with E-state index in [1.165, 1.54) is 37.3 Å². The van der Waals surface area contributed by atoms with Crippen LogP contribution in [0.4, 0.5) is 26.3 Å². The Morgan fingerprint density at radius 1 is 0.714 bits per heavy atom. The predicted molar refractivity (Wildman–Crippen MR) is 127 cm³/mol. The van der Waals surface area contributed by atoms with Crippen LogP contribution in [0.15, 0.2) is 54.6 Å². The zero-order chi connectivity index (χ0) is 25.1. The molecule has 1 aliphatic carbocycles. The van der Waals surface area contributed by atoms with Crippen molar-refractivity contribution in [3.8, 4) is 11.1 Å². The fourth-order valence-electron chi connectivity index (χ4n) is 4.94. The van der Waals surface area contributed by atoms with E-state index >= 15 is 0 Å². The highest BCUT2D eigenvalue weighted by atomic mass is 19.2. The number of halogens is 6. The van der Waals surface area contributed by atoms with Gasteiger partial charge < -0.3 is 0 Å². The third kappa shape index (κ3) is 5.47. The molecule has 0 unspecified atom stereocenters. The lowest BCUT2D eigenvalue weighted by Crippen LogP contribution is -2.13. The highest BCUT2D eigenvalue weighted by molar-refractivity contribution is 5.84. The minimum absolute atomic E-state index is 0.317. The number of hydrogen-bond acceptors (Lipinski definition) is 0. The fourth-order valence-corrected chi connectivity index (χ4v) is 4.94. The molecule has 1 aliphatic rings. The second kappa shape index (κ2) is 10.7. The Hall–Kier alpha value is -3.02. The Morgan fingerprint density at radius 3 is 1.89 bits per heavy atom. The first-order valence-electron chi connectivity index (χ1n) is 11.9. The smallest absolute Gasteiger partial charge is 0.194 e. The fraction of sp³-hybridized carbons (Fsp3) is 0.310. The molecule has 4 rings (SSSR count). The number of rotatable bonds is 6. The van der Waals surface area contributed by atoms with Crippen LogP contribution < -0.4 is 0 Å². The average Bonchev–Trinajstić information content (AvgIpc) is 2.87. The average molecular weight is 489 g/mol. The third-order valence-corrected chi connectivity index (χ3v) is 6.89. The van der Waals surface area contributed by atoms with Crippen LogP contribution in [-0.2, 0) is 0 Å². The molecular weight excluding hydrogens is 462 g/mol. The van der Waals surface area contributed by atoms with Gasteiger partial charge in [0.05, 0.1) is 0 Å². The van der Waals surface area contributed by atoms with Gasteiger partial charge in [-0.2, -0.15) is 0 Å². The molecule has 0 saturated heterocycles. The van der Waals surface area contributed by atoms with E-state index in [1.807, 2.05) is 24.3 Å². The molecule has 0 aromatic heterocycles. The monoisotopic (exact) mass is 488 g/mol. The summed E-state index contributed by atoms with van der Waals surface area (Å²) in [5, 5.41) is 0. The lowest BCUT2D eigenvalue weighted by molar-refractivity contribution is 0.308. The van der Waals surface area contributed by atoms with Crippen molar-refractivity contribution in [2.75, 3.05) is 0 Å². The molecule has 0 N–H and O–H groups in total. The molecule has 35 heavy (non-hydrogen) atoms. The SMILES string of the molecule is CCCC1CCC(c2ccc(-c3ccc(/C(F)=C(\F)c4cc(F)c(F)c(F)c4)c(F)c3)cc2)CC1. The van der Waals surface area contributed by atoms with Gasteiger partial charge in [-0.3, -0.25) is 0 Å². The standard InChI is InChI=1S/C29H26F6/c1-2-3-17-4-6-18(7-5-17)19-8-10-20(11-9-19)21-12-13-23(24(30)14-21)28(34)27(33)22-15-25(31)29(35)26(32)16-22/h8-18H,2-7H2,1H3/b28-27+. The van der Waals surface area contributed by atoms with Crippen LogP contribution in [0.1, 0.15) is 68.1 Å². The molecule has 0 nitrogen and oxygen atoms in total. The van der Waals surface area contributed by atoms with Crippen molar-refractivity contribution in [3.63, 3.8) is 0 Å². The van der Waals surface area contributed by atoms with Crippen LogP contribution in [0, 0.1) is 29.2 Å². The zero-order valence-electron chi connectivity index (χ0n) is 19.4. The van der Waals surface area contributed by atoms with Gasteiger partial charge in [0.2, 0.25) is 0 Å². The molecule has 1 fully saturated rings. The summed E-state index contributed by atoms with van der Waals surface area (Å²) in [6.45, 7) is 2.22. The van der Waals surface area contributed by atoms with Gasteiger partial charge in [-0.1, -0.05) is 50.1 Å². The van der Waals surface area contributed by atoms with E-state index in [1.54, 1.807) is 0 Å². The van der Waals surface area contributed by atoms with Crippen LogP contribution in [0.5, 0.6) is 0 Å². The Balaban J connectivity index is 1.53. The van der Waals surface area contributed by atoms with Crippen molar-refractivity contribution >= 4 is 11.7 Å². The third-order valence-electron chi connectivity index (χ3n) is 6.89. The van der Waals surface area contributed by atoms with Crippen molar-refractivity contribution in [2.45, 2.75) is 51.4 Å². The molecule has 0 heterocycles. The molecule has 0 aliphatic heterocycles. The second-order valence-electron chi connectivity index (χ2n) is 9.20. The minimum Gasteiger partial charge on any atom is -0.206 e. The molecule has 1 saturated carbocycles. The maximum atomic E-state index is 14.7. The number of hydrogen-bond donors (Lipinski definition) is 0. The maximum Gasteiger partial charge on any atom is 0.194 e. The van der Waals surface area contributed by atoms with E-state index < -0.39 is 46.0 Å². The Morgan fingerprint density at radius 2 is 1.31 bits per heavy atom. The Labute approximate surface area is 201 Å². The van der Waals surface area contributed by atoms with Crippen LogP contribution >= 0.6 is 0 Å². The highest BCUT2D eigenvalue weighted by Crippen LogP contribution is 2.38. The van der Waals surface area contributed by atoms with Gasteiger partial charge >= 0.3 is 0 Å². The molecule has 184 valence electrons. The molecule has 0 atom stereocenters. The first-order valence-corrected chi connectivity index (χ1v) is 11.9. The van der Waals surface area contributed by atoms with Gasteiger partial charge in [-0.05, 0) is 78.5 Å².